The quantitative estimate of drug-likeness (QED) is 0.196. The number of rotatable bonds is 8. The molecule has 0 heterocycles. The van der Waals surface area contributed by atoms with Gasteiger partial charge in [0.2, 0.25) is 0 Å². The van der Waals surface area contributed by atoms with Crippen molar-refractivity contribution >= 4 is 41.3 Å². The predicted octanol–water partition coefficient (Wildman–Crippen LogP) is 5.77. The molecule has 1 N–H and O–H groups in total. The summed E-state index contributed by atoms with van der Waals surface area (Å²) < 4.78 is 10.8. The highest BCUT2D eigenvalue weighted by Gasteiger charge is 2.13. The van der Waals surface area contributed by atoms with Crippen molar-refractivity contribution < 1.29 is 19.1 Å². The third kappa shape index (κ3) is 6.57. The number of hydrogen-bond donors (Lipinski definition) is 1. The highest BCUT2D eigenvalue weighted by atomic mass is 35.5. The molecule has 3 aromatic rings. The molecule has 1 amide bonds. The van der Waals surface area contributed by atoms with Crippen LogP contribution in [0.2, 0.25) is 10.0 Å². The minimum Gasteiger partial charge on any atom is -0.494 e. The zero-order valence-corrected chi connectivity index (χ0v) is 18.7. The zero-order chi connectivity index (χ0) is 22.9. The molecule has 0 aliphatic heterocycles. The monoisotopic (exact) mass is 470 g/mol. The number of ether oxygens (including phenoxy) is 2. The van der Waals surface area contributed by atoms with Crippen LogP contribution in [0.15, 0.2) is 71.8 Å². The van der Waals surface area contributed by atoms with Crippen LogP contribution in [0.1, 0.15) is 39.6 Å². The van der Waals surface area contributed by atoms with Gasteiger partial charge in [0.05, 0.1) is 23.4 Å². The topological polar surface area (TPSA) is 77.0 Å². The van der Waals surface area contributed by atoms with Gasteiger partial charge in [-0.25, -0.2) is 10.2 Å². The number of nitrogens with one attached hydrogen (secondary N) is 1. The standard InChI is InChI=1S/C24H20Cl2N2O4/c1-2-13-31-19-10-5-17(6-11-19)23(29)28-27-15-16-3-8-20(9-4-16)32-24(30)21-12-7-18(25)14-22(21)26/h3-12,14-15H,2,13H2,1H3,(H,28,29). The molecule has 0 aliphatic rings. The molecule has 0 fully saturated rings. The number of esters is 1. The Morgan fingerprint density at radius 3 is 2.31 bits per heavy atom. The summed E-state index contributed by atoms with van der Waals surface area (Å²) in [7, 11) is 0. The Kier molecular flexibility index (Phi) is 8.25. The molecule has 8 heteroatoms. The van der Waals surface area contributed by atoms with Crippen LogP contribution in [0, 0.1) is 0 Å². The normalized spacial score (nSPS) is 10.7. The molecule has 0 saturated carbocycles. The van der Waals surface area contributed by atoms with Gasteiger partial charge in [-0.05, 0) is 78.7 Å². The van der Waals surface area contributed by atoms with Crippen LogP contribution in [0.25, 0.3) is 0 Å². The van der Waals surface area contributed by atoms with Crippen LogP contribution >= 0.6 is 23.2 Å². The second-order valence-corrected chi connectivity index (χ2v) is 7.50. The lowest BCUT2D eigenvalue weighted by atomic mass is 10.2. The van der Waals surface area contributed by atoms with Crippen molar-refractivity contribution in [2.45, 2.75) is 13.3 Å². The lowest BCUT2D eigenvalue weighted by molar-refractivity contribution is 0.0734. The Morgan fingerprint density at radius 2 is 1.66 bits per heavy atom. The van der Waals surface area contributed by atoms with Gasteiger partial charge < -0.3 is 9.47 Å². The fourth-order valence-corrected chi connectivity index (χ4v) is 3.08. The maximum atomic E-state index is 12.3. The molecule has 0 spiro atoms. The van der Waals surface area contributed by atoms with E-state index < -0.39 is 5.97 Å². The molecule has 3 rings (SSSR count). The van der Waals surface area contributed by atoms with E-state index in [0.717, 1.165) is 6.42 Å². The van der Waals surface area contributed by atoms with E-state index in [4.69, 9.17) is 32.7 Å². The van der Waals surface area contributed by atoms with E-state index in [1.165, 1.54) is 18.3 Å². The van der Waals surface area contributed by atoms with E-state index >= 15 is 0 Å². The van der Waals surface area contributed by atoms with E-state index in [-0.39, 0.29) is 16.5 Å². The fourth-order valence-electron chi connectivity index (χ4n) is 2.59. The summed E-state index contributed by atoms with van der Waals surface area (Å²) in [6.07, 6.45) is 2.40. The van der Waals surface area contributed by atoms with Crippen molar-refractivity contribution in [1.29, 1.82) is 0 Å². The van der Waals surface area contributed by atoms with Gasteiger partial charge in [-0.3, -0.25) is 4.79 Å². The smallest absolute Gasteiger partial charge is 0.345 e. The fraction of sp³-hybridized carbons (Fsp3) is 0.125. The molecular formula is C24H20Cl2N2O4. The molecular weight excluding hydrogens is 451 g/mol. The molecule has 0 atom stereocenters. The first-order valence-corrected chi connectivity index (χ1v) is 10.6. The molecule has 0 bridgehead atoms. The third-order valence-corrected chi connectivity index (χ3v) is 4.76. The van der Waals surface area contributed by atoms with Crippen LogP contribution < -0.4 is 14.9 Å². The number of hydrogen-bond acceptors (Lipinski definition) is 5. The van der Waals surface area contributed by atoms with Gasteiger partial charge in [0.25, 0.3) is 5.91 Å². The molecule has 32 heavy (non-hydrogen) atoms. The predicted molar refractivity (Wildman–Crippen MR) is 125 cm³/mol. The SMILES string of the molecule is CCCOc1ccc(C(=O)NN=Cc2ccc(OC(=O)c3ccc(Cl)cc3Cl)cc2)cc1. The Bertz CT molecular complexity index is 1110. The van der Waals surface area contributed by atoms with Crippen LogP contribution in [-0.2, 0) is 0 Å². The first-order chi connectivity index (χ1) is 15.5. The van der Waals surface area contributed by atoms with Gasteiger partial charge >= 0.3 is 5.97 Å². The molecule has 0 aromatic heterocycles. The average molecular weight is 471 g/mol. The van der Waals surface area contributed by atoms with Gasteiger partial charge in [-0.15, -0.1) is 0 Å². The average Bonchev–Trinajstić information content (AvgIpc) is 2.79. The summed E-state index contributed by atoms with van der Waals surface area (Å²) in [6, 6.07) is 18.0. The molecule has 0 saturated heterocycles. The lowest BCUT2D eigenvalue weighted by Gasteiger charge is -2.06. The Balaban J connectivity index is 1.53. The summed E-state index contributed by atoms with van der Waals surface area (Å²) in [4.78, 5) is 24.4. The van der Waals surface area contributed by atoms with E-state index in [1.54, 1.807) is 54.6 Å². The van der Waals surface area contributed by atoms with Crippen molar-refractivity contribution in [1.82, 2.24) is 5.43 Å². The molecule has 164 valence electrons. The van der Waals surface area contributed by atoms with Crippen LogP contribution in [0.3, 0.4) is 0 Å². The van der Waals surface area contributed by atoms with E-state index in [2.05, 4.69) is 10.5 Å². The molecule has 0 aliphatic carbocycles. The summed E-state index contributed by atoms with van der Waals surface area (Å²) in [5.74, 6) is 0.124. The first-order valence-electron chi connectivity index (χ1n) is 9.80. The Labute approximate surface area is 195 Å². The van der Waals surface area contributed by atoms with Gasteiger partial charge in [0.1, 0.15) is 11.5 Å². The number of halogens is 2. The van der Waals surface area contributed by atoms with Crippen LogP contribution in [0.4, 0.5) is 0 Å². The van der Waals surface area contributed by atoms with Crippen LogP contribution in [0.5, 0.6) is 11.5 Å². The van der Waals surface area contributed by atoms with E-state index in [9.17, 15) is 9.59 Å². The second kappa shape index (κ2) is 11.3. The number of nitrogens with zero attached hydrogens (tertiary/aromatic N) is 1. The molecule has 3 aromatic carbocycles. The van der Waals surface area contributed by atoms with Crippen LogP contribution in [-0.4, -0.2) is 24.7 Å². The molecule has 0 unspecified atom stereocenters. The number of carbonyl (C=O) groups excluding carboxylic acids is 2. The summed E-state index contributed by atoms with van der Waals surface area (Å²) in [5.41, 5.74) is 3.86. The van der Waals surface area contributed by atoms with Gasteiger partial charge in [0, 0.05) is 10.6 Å². The summed E-state index contributed by atoms with van der Waals surface area (Å²) >= 11 is 11.9. The minimum absolute atomic E-state index is 0.213. The number of amides is 1. The Morgan fingerprint density at radius 1 is 0.969 bits per heavy atom. The number of carbonyl (C=O) groups is 2. The maximum Gasteiger partial charge on any atom is 0.345 e. The molecule has 6 nitrogen and oxygen atoms in total. The lowest BCUT2D eigenvalue weighted by Crippen LogP contribution is -2.17. The van der Waals surface area contributed by atoms with Gasteiger partial charge in [0.15, 0.2) is 0 Å². The highest BCUT2D eigenvalue weighted by molar-refractivity contribution is 6.36. The summed E-state index contributed by atoms with van der Waals surface area (Å²) in [5, 5.41) is 4.60. The van der Waals surface area contributed by atoms with Crippen molar-refractivity contribution in [2.24, 2.45) is 5.10 Å². The van der Waals surface area contributed by atoms with E-state index in [1.807, 2.05) is 6.92 Å². The first kappa shape index (κ1) is 23.3. The maximum absolute atomic E-state index is 12.3. The summed E-state index contributed by atoms with van der Waals surface area (Å²) in [6.45, 7) is 2.65. The van der Waals surface area contributed by atoms with Crippen molar-refractivity contribution in [3.05, 3.63) is 93.5 Å². The minimum atomic E-state index is -0.591. The third-order valence-electron chi connectivity index (χ3n) is 4.21. The Hall–Kier alpha value is -3.35. The van der Waals surface area contributed by atoms with E-state index in [0.29, 0.717) is 34.3 Å². The number of benzene rings is 3. The van der Waals surface area contributed by atoms with Crippen molar-refractivity contribution in [3.63, 3.8) is 0 Å². The van der Waals surface area contributed by atoms with Crippen molar-refractivity contribution in [3.8, 4) is 11.5 Å². The highest BCUT2D eigenvalue weighted by Crippen LogP contribution is 2.23. The molecule has 0 radical (unpaired) electrons. The largest absolute Gasteiger partial charge is 0.494 e. The second-order valence-electron chi connectivity index (χ2n) is 6.65. The van der Waals surface area contributed by atoms with Gasteiger partial charge in [-0.1, -0.05) is 30.1 Å². The number of hydrazone groups is 1. The van der Waals surface area contributed by atoms with Crippen molar-refractivity contribution in [2.75, 3.05) is 6.61 Å². The van der Waals surface area contributed by atoms with Gasteiger partial charge in [-0.2, -0.15) is 5.10 Å². The zero-order valence-electron chi connectivity index (χ0n) is 17.2.